The van der Waals surface area contributed by atoms with Crippen molar-refractivity contribution in [1.82, 2.24) is 34.3 Å². The van der Waals surface area contributed by atoms with E-state index < -0.39 is 11.6 Å². The van der Waals surface area contributed by atoms with Gasteiger partial charge in [0.05, 0.1) is 24.4 Å². The summed E-state index contributed by atoms with van der Waals surface area (Å²) in [6.07, 6.45) is 4.93. The van der Waals surface area contributed by atoms with Crippen molar-refractivity contribution in [2.75, 3.05) is 38.6 Å². The van der Waals surface area contributed by atoms with E-state index in [1.807, 2.05) is 25.3 Å². The van der Waals surface area contributed by atoms with Crippen LogP contribution in [0.2, 0.25) is 0 Å². The normalized spacial score (nSPS) is 20.2. The van der Waals surface area contributed by atoms with Gasteiger partial charge in [0.25, 0.3) is 0 Å². The Hall–Kier alpha value is -3.54. The van der Waals surface area contributed by atoms with Gasteiger partial charge in [-0.25, -0.2) is 28.7 Å². The predicted octanol–water partition coefficient (Wildman–Crippen LogP) is 4.31. The maximum atomic E-state index is 15.0. The third-order valence-corrected chi connectivity index (χ3v) is 7.61. The molecule has 0 radical (unpaired) electrons. The van der Waals surface area contributed by atoms with Gasteiger partial charge in [-0.05, 0) is 51.6 Å². The van der Waals surface area contributed by atoms with Gasteiger partial charge in [0.15, 0.2) is 5.82 Å². The molecular weight excluding hydrogens is 502 g/mol. The highest BCUT2D eigenvalue weighted by Gasteiger charge is 2.38. The molecule has 0 saturated carbocycles. The molecule has 0 amide bonds. The molecule has 39 heavy (non-hydrogen) atoms. The Morgan fingerprint density at radius 3 is 2.59 bits per heavy atom. The van der Waals surface area contributed by atoms with Gasteiger partial charge in [-0.1, -0.05) is 0 Å². The minimum atomic E-state index is -0.552. The Kier molecular flexibility index (Phi) is 6.74. The van der Waals surface area contributed by atoms with E-state index in [9.17, 15) is 8.78 Å². The zero-order valence-electron chi connectivity index (χ0n) is 22.5. The van der Waals surface area contributed by atoms with Crippen molar-refractivity contribution in [2.45, 2.75) is 45.5 Å². The number of ether oxygens (including phenoxy) is 1. The highest BCUT2D eigenvalue weighted by Crippen LogP contribution is 2.32. The summed E-state index contributed by atoms with van der Waals surface area (Å²) in [6, 6.07) is 5.11. The van der Waals surface area contributed by atoms with E-state index in [2.05, 4.69) is 42.1 Å². The van der Waals surface area contributed by atoms with Crippen LogP contribution < -0.4 is 5.32 Å². The molecule has 4 aromatic rings. The van der Waals surface area contributed by atoms with Crippen LogP contribution in [0.3, 0.4) is 0 Å². The molecule has 2 saturated heterocycles. The summed E-state index contributed by atoms with van der Waals surface area (Å²) in [7, 11) is 2.15. The Morgan fingerprint density at radius 2 is 1.85 bits per heavy atom. The number of nitrogens with one attached hydrogen (secondary N) is 1. The third-order valence-electron chi connectivity index (χ3n) is 7.61. The number of nitrogens with zero attached hydrogens (tertiary/aromatic N) is 7. The van der Waals surface area contributed by atoms with Crippen LogP contribution in [-0.4, -0.2) is 79.7 Å². The van der Waals surface area contributed by atoms with Crippen molar-refractivity contribution in [1.29, 1.82) is 0 Å². The van der Waals surface area contributed by atoms with Crippen LogP contribution in [0.4, 0.5) is 20.5 Å². The molecule has 1 N–H and O–H groups in total. The first kappa shape index (κ1) is 25.7. The maximum absolute atomic E-state index is 15.0. The molecular formula is C28H32F2N8O. The summed E-state index contributed by atoms with van der Waals surface area (Å²) in [5, 5.41) is 3.04. The molecule has 0 spiro atoms. The van der Waals surface area contributed by atoms with E-state index in [1.54, 1.807) is 24.5 Å². The number of anilines is 2. The number of rotatable bonds is 6. The Morgan fingerprint density at radius 1 is 1.05 bits per heavy atom. The van der Waals surface area contributed by atoms with E-state index in [1.165, 1.54) is 6.07 Å². The average molecular weight is 535 g/mol. The molecule has 1 aromatic carbocycles. The molecule has 11 heteroatoms. The molecule has 0 bridgehead atoms. The van der Waals surface area contributed by atoms with Gasteiger partial charge in [-0.3, -0.25) is 9.80 Å². The number of hydrogen-bond donors (Lipinski definition) is 1. The number of aryl methyl sites for hydroxylation is 1. The number of hydrogen-bond acceptors (Lipinski definition) is 8. The number of benzene rings is 1. The lowest BCUT2D eigenvalue weighted by molar-refractivity contribution is -0.0370. The molecule has 2 aliphatic rings. The largest absolute Gasteiger partial charge is 0.374 e. The van der Waals surface area contributed by atoms with Crippen LogP contribution >= 0.6 is 0 Å². The van der Waals surface area contributed by atoms with Crippen molar-refractivity contribution < 1.29 is 13.5 Å². The van der Waals surface area contributed by atoms with E-state index in [0.29, 0.717) is 34.7 Å². The summed E-state index contributed by atoms with van der Waals surface area (Å²) in [4.78, 5) is 22.1. The van der Waals surface area contributed by atoms with Crippen LogP contribution in [0.1, 0.15) is 31.3 Å². The number of pyridine rings is 1. The first-order valence-electron chi connectivity index (χ1n) is 13.2. The second kappa shape index (κ2) is 10.2. The molecule has 2 fully saturated rings. The minimum absolute atomic E-state index is 0.0774. The van der Waals surface area contributed by atoms with Gasteiger partial charge in [0.2, 0.25) is 5.95 Å². The fraction of sp³-hybridized carbons (Fsp3) is 0.429. The van der Waals surface area contributed by atoms with Gasteiger partial charge in [-0.15, -0.1) is 0 Å². The smallest absolute Gasteiger partial charge is 0.228 e. The van der Waals surface area contributed by atoms with Crippen molar-refractivity contribution >= 4 is 22.8 Å². The predicted molar refractivity (Wildman–Crippen MR) is 145 cm³/mol. The first-order valence-corrected chi connectivity index (χ1v) is 13.2. The van der Waals surface area contributed by atoms with Gasteiger partial charge in [0, 0.05) is 61.8 Å². The molecule has 6 rings (SSSR count). The third kappa shape index (κ3) is 4.97. The SMILES string of the molecule is Cc1nc2c(F)cc(-c3cc(Nc4ncc(CN5C[C@H]6OCCN(C)[C@H]6C5)cn4)ncc3F)cc2n1C(C)C. The Bertz CT molecular complexity index is 1510. The summed E-state index contributed by atoms with van der Waals surface area (Å²) in [5.74, 6) is 0.362. The van der Waals surface area contributed by atoms with Gasteiger partial charge in [-0.2, -0.15) is 0 Å². The summed E-state index contributed by atoms with van der Waals surface area (Å²) in [6.45, 7) is 10.2. The highest BCUT2D eigenvalue weighted by atomic mass is 19.1. The van der Waals surface area contributed by atoms with Crippen LogP contribution in [0.25, 0.3) is 22.2 Å². The minimum Gasteiger partial charge on any atom is -0.374 e. The van der Waals surface area contributed by atoms with Crippen molar-refractivity contribution in [3.8, 4) is 11.1 Å². The number of morpholine rings is 1. The van der Waals surface area contributed by atoms with Gasteiger partial charge >= 0.3 is 0 Å². The van der Waals surface area contributed by atoms with Crippen LogP contribution in [0, 0.1) is 18.6 Å². The number of halogens is 2. The van der Waals surface area contributed by atoms with Crippen LogP contribution in [-0.2, 0) is 11.3 Å². The molecule has 0 unspecified atom stereocenters. The molecule has 9 nitrogen and oxygen atoms in total. The number of fused-ring (bicyclic) bond motifs is 2. The quantitative estimate of drug-likeness (QED) is 0.392. The molecule has 204 valence electrons. The monoisotopic (exact) mass is 534 g/mol. The van der Waals surface area contributed by atoms with Gasteiger partial charge in [0.1, 0.15) is 23.0 Å². The second-order valence-corrected chi connectivity index (χ2v) is 10.7. The molecule has 2 aliphatic heterocycles. The zero-order valence-corrected chi connectivity index (χ0v) is 22.5. The van der Waals surface area contributed by atoms with E-state index in [4.69, 9.17) is 4.74 Å². The zero-order chi connectivity index (χ0) is 27.3. The van der Waals surface area contributed by atoms with Crippen molar-refractivity contribution in [2.24, 2.45) is 0 Å². The second-order valence-electron chi connectivity index (χ2n) is 10.7. The average Bonchev–Trinajstić information content (AvgIpc) is 3.47. The number of likely N-dealkylation sites (N-methyl/N-ethyl adjacent to an activating group) is 1. The molecule has 5 heterocycles. The first-order chi connectivity index (χ1) is 18.8. The van der Waals surface area contributed by atoms with Crippen molar-refractivity contribution in [3.05, 3.63) is 59.8 Å². The summed E-state index contributed by atoms with van der Waals surface area (Å²) in [5.41, 5.74) is 2.52. The Labute approximate surface area is 225 Å². The molecule has 0 aliphatic carbocycles. The van der Waals surface area contributed by atoms with E-state index in [0.717, 1.165) is 44.5 Å². The lowest BCUT2D eigenvalue weighted by atomic mass is 10.0. The Balaban J connectivity index is 1.19. The standard InChI is InChI=1S/C28H32F2N8O/c1-16(2)38-17(3)34-27-21(29)7-19(8-23(27)38)20-9-26(31-12-22(20)30)35-28-32-10-18(11-33-28)13-37-14-24-25(15-37)39-6-5-36(24)4/h7-12,16,24-25H,5-6,13-15H2,1-4H3,(H,31,32,33,35)/t24-,25+/m0/s1. The van der Waals surface area contributed by atoms with E-state index in [-0.39, 0.29) is 23.2 Å². The number of likely N-dealkylation sites (tertiary alicyclic amines) is 1. The van der Waals surface area contributed by atoms with Gasteiger partial charge < -0.3 is 14.6 Å². The lowest BCUT2D eigenvalue weighted by Gasteiger charge is -2.33. The fourth-order valence-corrected chi connectivity index (χ4v) is 5.74. The summed E-state index contributed by atoms with van der Waals surface area (Å²) < 4.78 is 37.8. The van der Waals surface area contributed by atoms with Crippen molar-refractivity contribution in [3.63, 3.8) is 0 Å². The number of aromatic nitrogens is 5. The van der Waals surface area contributed by atoms with Crippen LogP contribution in [0.15, 0.2) is 36.8 Å². The lowest BCUT2D eigenvalue weighted by Crippen LogP contribution is -2.48. The summed E-state index contributed by atoms with van der Waals surface area (Å²) >= 11 is 0. The maximum Gasteiger partial charge on any atom is 0.228 e. The van der Waals surface area contributed by atoms with Crippen LogP contribution in [0.5, 0.6) is 0 Å². The number of imidazole rings is 1. The fourth-order valence-electron chi connectivity index (χ4n) is 5.74. The molecule has 3 aromatic heterocycles. The highest BCUT2D eigenvalue weighted by molar-refractivity contribution is 5.84. The topological polar surface area (TPSA) is 84.2 Å². The molecule has 2 atom stereocenters. The van der Waals surface area contributed by atoms with E-state index >= 15 is 0 Å².